The molecule has 6 heteroatoms. The van der Waals surface area contributed by atoms with Gasteiger partial charge in [-0.25, -0.2) is 4.79 Å². The number of rotatable bonds is 6. The summed E-state index contributed by atoms with van der Waals surface area (Å²) in [4.78, 5) is 13.8. The van der Waals surface area contributed by atoms with Gasteiger partial charge in [-0.15, -0.1) is 0 Å². The minimum Gasteiger partial charge on any atom is -0.497 e. The van der Waals surface area contributed by atoms with Crippen LogP contribution in [0.2, 0.25) is 0 Å². The predicted molar refractivity (Wildman–Crippen MR) is 91.9 cm³/mol. The van der Waals surface area contributed by atoms with Crippen LogP contribution in [-0.2, 0) is 4.74 Å². The van der Waals surface area contributed by atoms with E-state index < -0.39 is 5.97 Å². The van der Waals surface area contributed by atoms with Gasteiger partial charge in [-0.05, 0) is 36.4 Å². The Morgan fingerprint density at radius 3 is 2.08 bits per heavy atom. The largest absolute Gasteiger partial charge is 0.497 e. The monoisotopic (exact) mass is 331 g/mol. The lowest BCUT2D eigenvalue weighted by molar-refractivity contribution is 0.0600. The molecule has 0 saturated heterocycles. The van der Waals surface area contributed by atoms with E-state index in [2.05, 4.69) is 0 Å². The summed E-state index contributed by atoms with van der Waals surface area (Å²) in [5.74, 6) is 1.31. The smallest absolute Gasteiger partial charge is 0.338 e. The average molecular weight is 331 g/mol. The molecule has 2 aromatic rings. The van der Waals surface area contributed by atoms with Crippen molar-refractivity contribution in [2.75, 3.05) is 40.4 Å². The second-order valence-corrected chi connectivity index (χ2v) is 4.98. The molecule has 0 fully saturated rings. The van der Waals surface area contributed by atoms with Crippen LogP contribution in [0.25, 0.3) is 0 Å². The summed E-state index contributed by atoms with van der Waals surface area (Å²) in [6.45, 7) is 0. The van der Waals surface area contributed by atoms with Crippen molar-refractivity contribution in [1.29, 1.82) is 0 Å². The highest BCUT2D eigenvalue weighted by Gasteiger charge is 2.20. The number of hydrogen-bond donors (Lipinski definition) is 0. The van der Waals surface area contributed by atoms with E-state index in [0.717, 1.165) is 11.4 Å². The zero-order chi connectivity index (χ0) is 17.7. The van der Waals surface area contributed by atoms with Crippen LogP contribution in [0.15, 0.2) is 36.4 Å². The third-order valence-electron chi connectivity index (χ3n) is 3.70. The van der Waals surface area contributed by atoms with Crippen molar-refractivity contribution in [2.45, 2.75) is 0 Å². The van der Waals surface area contributed by atoms with Gasteiger partial charge in [0.25, 0.3) is 0 Å². The Morgan fingerprint density at radius 1 is 0.917 bits per heavy atom. The molecule has 2 aromatic carbocycles. The van der Waals surface area contributed by atoms with Gasteiger partial charge in [0.1, 0.15) is 5.75 Å². The van der Waals surface area contributed by atoms with Crippen molar-refractivity contribution in [3.8, 4) is 17.2 Å². The van der Waals surface area contributed by atoms with E-state index in [4.69, 9.17) is 18.9 Å². The molecule has 0 aliphatic heterocycles. The molecule has 0 unspecified atom stereocenters. The molecule has 0 aliphatic rings. The lowest BCUT2D eigenvalue weighted by Gasteiger charge is -2.24. The summed E-state index contributed by atoms with van der Waals surface area (Å²) in [7, 11) is 7.91. The number of anilines is 2. The van der Waals surface area contributed by atoms with Crippen LogP contribution in [0.1, 0.15) is 10.4 Å². The number of benzene rings is 2. The van der Waals surface area contributed by atoms with Gasteiger partial charge in [0.2, 0.25) is 0 Å². The zero-order valence-corrected chi connectivity index (χ0v) is 14.5. The maximum Gasteiger partial charge on any atom is 0.338 e. The van der Waals surface area contributed by atoms with Crippen molar-refractivity contribution >= 4 is 17.3 Å². The van der Waals surface area contributed by atoms with Gasteiger partial charge in [-0.1, -0.05) is 0 Å². The Bertz CT molecular complexity index is 712. The lowest BCUT2D eigenvalue weighted by atomic mass is 10.1. The van der Waals surface area contributed by atoms with E-state index in [1.807, 2.05) is 36.2 Å². The maximum absolute atomic E-state index is 11.9. The second-order valence-electron chi connectivity index (χ2n) is 4.98. The number of ether oxygens (including phenoxy) is 4. The van der Waals surface area contributed by atoms with Crippen LogP contribution in [0, 0.1) is 0 Å². The molecule has 0 radical (unpaired) electrons. The van der Waals surface area contributed by atoms with Gasteiger partial charge in [-0.2, -0.15) is 0 Å². The fourth-order valence-electron chi connectivity index (χ4n) is 2.37. The fourth-order valence-corrected chi connectivity index (χ4v) is 2.37. The SMILES string of the molecule is COC(=O)c1cc(OC)c(OC)c(N(C)c2ccc(OC)cc2)c1. The minimum atomic E-state index is -0.444. The molecule has 0 heterocycles. The van der Waals surface area contributed by atoms with E-state index in [-0.39, 0.29) is 0 Å². The quantitative estimate of drug-likeness (QED) is 0.757. The van der Waals surface area contributed by atoms with Gasteiger partial charge in [-0.3, -0.25) is 0 Å². The summed E-state index contributed by atoms with van der Waals surface area (Å²) >= 11 is 0. The Kier molecular flexibility index (Phi) is 5.52. The van der Waals surface area contributed by atoms with Crippen LogP contribution in [0.5, 0.6) is 17.2 Å². The van der Waals surface area contributed by atoms with Gasteiger partial charge in [0.15, 0.2) is 11.5 Å². The second kappa shape index (κ2) is 7.59. The topological polar surface area (TPSA) is 57.2 Å². The van der Waals surface area contributed by atoms with Crippen molar-refractivity contribution < 1.29 is 23.7 Å². The molecule has 6 nitrogen and oxygen atoms in total. The molecule has 0 aliphatic carbocycles. The van der Waals surface area contributed by atoms with E-state index >= 15 is 0 Å². The van der Waals surface area contributed by atoms with Gasteiger partial charge in [0.05, 0.1) is 39.7 Å². The molecule has 0 atom stereocenters. The molecular weight excluding hydrogens is 310 g/mol. The molecule has 2 rings (SSSR count). The van der Waals surface area contributed by atoms with Crippen molar-refractivity contribution in [3.63, 3.8) is 0 Å². The van der Waals surface area contributed by atoms with E-state index in [9.17, 15) is 4.79 Å². The van der Waals surface area contributed by atoms with Crippen LogP contribution in [0.3, 0.4) is 0 Å². The number of hydrogen-bond acceptors (Lipinski definition) is 6. The van der Waals surface area contributed by atoms with Crippen LogP contribution < -0.4 is 19.1 Å². The van der Waals surface area contributed by atoms with Crippen LogP contribution in [0.4, 0.5) is 11.4 Å². The summed E-state index contributed by atoms with van der Waals surface area (Å²) in [5.41, 5.74) is 1.96. The Morgan fingerprint density at radius 2 is 1.58 bits per heavy atom. The first kappa shape index (κ1) is 17.5. The molecule has 0 N–H and O–H groups in total. The first-order valence-corrected chi connectivity index (χ1v) is 7.27. The van der Waals surface area contributed by atoms with Crippen LogP contribution >= 0.6 is 0 Å². The Labute approximate surface area is 141 Å². The minimum absolute atomic E-state index is 0.380. The maximum atomic E-state index is 11.9. The van der Waals surface area contributed by atoms with E-state index in [1.54, 1.807) is 26.4 Å². The third kappa shape index (κ3) is 3.37. The normalized spacial score (nSPS) is 10.0. The number of carbonyl (C=O) groups excluding carboxylic acids is 1. The highest BCUT2D eigenvalue weighted by Crippen LogP contribution is 2.41. The van der Waals surface area contributed by atoms with Crippen LogP contribution in [-0.4, -0.2) is 41.5 Å². The number of nitrogens with zero attached hydrogens (tertiary/aromatic N) is 1. The lowest BCUT2D eigenvalue weighted by Crippen LogP contribution is -2.13. The van der Waals surface area contributed by atoms with Gasteiger partial charge in [0, 0.05) is 12.7 Å². The molecule has 0 saturated carbocycles. The first-order valence-electron chi connectivity index (χ1n) is 7.27. The third-order valence-corrected chi connectivity index (χ3v) is 3.70. The summed E-state index contributed by atoms with van der Waals surface area (Å²) in [6.07, 6.45) is 0. The molecular formula is C18H21NO5. The number of esters is 1. The fraction of sp³-hybridized carbons (Fsp3) is 0.278. The van der Waals surface area contributed by atoms with Crippen molar-refractivity contribution in [3.05, 3.63) is 42.0 Å². The average Bonchev–Trinajstić information content (AvgIpc) is 2.65. The highest BCUT2D eigenvalue weighted by atomic mass is 16.5. The van der Waals surface area contributed by atoms with E-state index in [0.29, 0.717) is 22.7 Å². The Hall–Kier alpha value is -2.89. The summed E-state index contributed by atoms with van der Waals surface area (Å²) < 4.78 is 20.8. The highest BCUT2D eigenvalue weighted by molar-refractivity contribution is 5.93. The molecule has 128 valence electrons. The molecule has 0 spiro atoms. The zero-order valence-electron chi connectivity index (χ0n) is 14.5. The number of methoxy groups -OCH3 is 4. The van der Waals surface area contributed by atoms with E-state index in [1.165, 1.54) is 14.2 Å². The molecule has 0 amide bonds. The standard InChI is InChI=1S/C18H21NO5/c1-19(13-6-8-14(21-2)9-7-13)15-10-12(18(20)24-5)11-16(22-3)17(15)23-4/h6-11H,1-5H3. The van der Waals surface area contributed by atoms with Crippen molar-refractivity contribution in [1.82, 2.24) is 0 Å². The van der Waals surface area contributed by atoms with Gasteiger partial charge >= 0.3 is 5.97 Å². The Balaban J connectivity index is 2.54. The summed E-state index contributed by atoms with van der Waals surface area (Å²) in [6, 6.07) is 10.8. The van der Waals surface area contributed by atoms with Crippen molar-refractivity contribution in [2.24, 2.45) is 0 Å². The predicted octanol–water partition coefficient (Wildman–Crippen LogP) is 3.27. The first-order chi connectivity index (χ1) is 11.5. The molecule has 24 heavy (non-hydrogen) atoms. The molecule has 0 aromatic heterocycles. The van der Waals surface area contributed by atoms with Gasteiger partial charge < -0.3 is 23.8 Å². The summed E-state index contributed by atoms with van der Waals surface area (Å²) in [5, 5.41) is 0. The number of carbonyl (C=O) groups is 1. The molecule has 0 bridgehead atoms.